The van der Waals surface area contributed by atoms with E-state index in [1.165, 1.54) is 0 Å². The summed E-state index contributed by atoms with van der Waals surface area (Å²) in [6.45, 7) is 0.114. The molecule has 0 radical (unpaired) electrons. The van der Waals surface area contributed by atoms with Gasteiger partial charge in [0.25, 0.3) is 5.91 Å². The third-order valence-electron chi connectivity index (χ3n) is 5.76. The Balaban J connectivity index is 1.39. The quantitative estimate of drug-likeness (QED) is 0.443. The van der Waals surface area contributed by atoms with E-state index in [-0.39, 0.29) is 36.8 Å². The van der Waals surface area contributed by atoms with E-state index in [0.29, 0.717) is 23.6 Å². The van der Waals surface area contributed by atoms with E-state index < -0.39 is 11.9 Å². The number of fused-ring (bicyclic) bond motifs is 1. The predicted molar refractivity (Wildman–Crippen MR) is 114 cm³/mol. The zero-order valence-electron chi connectivity index (χ0n) is 16.9. The van der Waals surface area contributed by atoms with E-state index >= 15 is 0 Å². The summed E-state index contributed by atoms with van der Waals surface area (Å²) in [7, 11) is 0. The van der Waals surface area contributed by atoms with Crippen LogP contribution in [0.3, 0.4) is 0 Å². The largest absolute Gasteiger partial charge is 0.459 e. The van der Waals surface area contributed by atoms with Crippen LogP contribution in [0.25, 0.3) is 0 Å². The molecule has 2 aliphatic rings. The number of carbonyl (C=O) groups is 3. The Labute approximate surface area is 179 Å². The third-order valence-corrected chi connectivity index (χ3v) is 5.76. The van der Waals surface area contributed by atoms with Crippen LogP contribution in [0.15, 0.2) is 54.6 Å². The molecule has 8 nitrogen and oxygen atoms in total. The van der Waals surface area contributed by atoms with Gasteiger partial charge in [0.05, 0.1) is 6.54 Å². The first-order chi connectivity index (χ1) is 15.0. The van der Waals surface area contributed by atoms with Crippen molar-refractivity contribution < 1.29 is 19.1 Å². The van der Waals surface area contributed by atoms with E-state index in [4.69, 9.17) is 15.9 Å². The zero-order valence-corrected chi connectivity index (χ0v) is 16.9. The summed E-state index contributed by atoms with van der Waals surface area (Å²) in [5.41, 5.74) is 6.58. The average molecular weight is 420 g/mol. The van der Waals surface area contributed by atoms with Gasteiger partial charge in [-0.25, -0.2) is 4.79 Å². The number of nitrogens with one attached hydrogen (secondary N) is 2. The van der Waals surface area contributed by atoms with Gasteiger partial charge in [-0.2, -0.15) is 0 Å². The molecule has 160 valence electrons. The van der Waals surface area contributed by atoms with E-state index in [9.17, 15) is 14.4 Å². The molecule has 3 atom stereocenters. The lowest BCUT2D eigenvalue weighted by molar-refractivity contribution is -0.155. The van der Waals surface area contributed by atoms with Crippen molar-refractivity contribution in [2.45, 2.75) is 31.5 Å². The van der Waals surface area contributed by atoms with Crippen LogP contribution in [-0.2, 0) is 25.7 Å². The van der Waals surface area contributed by atoms with Gasteiger partial charge in [0.15, 0.2) is 0 Å². The molecule has 4 N–H and O–H groups in total. The Hall–Kier alpha value is -3.68. The highest BCUT2D eigenvalue weighted by atomic mass is 16.5. The normalized spacial score (nSPS) is 21.2. The summed E-state index contributed by atoms with van der Waals surface area (Å²) in [4.78, 5) is 38.7. The summed E-state index contributed by atoms with van der Waals surface area (Å²) < 4.78 is 5.47. The van der Waals surface area contributed by atoms with Gasteiger partial charge >= 0.3 is 5.97 Å². The van der Waals surface area contributed by atoms with Gasteiger partial charge in [0, 0.05) is 17.3 Å². The number of amides is 2. The molecule has 1 saturated heterocycles. The second-order valence-corrected chi connectivity index (χ2v) is 7.85. The van der Waals surface area contributed by atoms with Gasteiger partial charge in [-0.3, -0.25) is 15.0 Å². The maximum atomic E-state index is 13.0. The molecule has 2 aromatic carbocycles. The molecule has 2 amide bonds. The van der Waals surface area contributed by atoms with Crippen LogP contribution in [0.4, 0.5) is 5.69 Å². The lowest BCUT2D eigenvalue weighted by Gasteiger charge is -2.26. The van der Waals surface area contributed by atoms with Crippen LogP contribution >= 0.6 is 0 Å². The first-order valence-corrected chi connectivity index (χ1v) is 10.2. The lowest BCUT2D eigenvalue weighted by atomic mass is 10.1. The standard InChI is InChI=1S/C23H24N4O4/c24-21(22(25)29)16-8-4-5-9-17(16)26-12-20(28)27-18-10-15(18)11-19(27)23(30)31-13-14-6-2-1-3-7-14/h1-9,15,18-19,24,26H,10-13H2,(H2,25,29)/t15?,18-,19+/m1/s1. The number of benzene rings is 2. The summed E-state index contributed by atoms with van der Waals surface area (Å²) in [5.74, 6) is -1.11. The Kier molecular flexibility index (Phi) is 5.70. The van der Waals surface area contributed by atoms with E-state index in [1.807, 2.05) is 30.3 Å². The number of rotatable bonds is 8. The lowest BCUT2D eigenvalue weighted by Crippen LogP contribution is -2.46. The molecule has 1 unspecified atom stereocenters. The minimum atomic E-state index is -0.845. The summed E-state index contributed by atoms with van der Waals surface area (Å²) in [5, 5.41) is 10.8. The number of esters is 1. The first kappa shape index (κ1) is 20.6. The van der Waals surface area contributed by atoms with Crippen molar-refractivity contribution in [1.29, 1.82) is 5.41 Å². The fourth-order valence-electron chi connectivity index (χ4n) is 4.10. The van der Waals surface area contributed by atoms with Crippen molar-refractivity contribution in [3.05, 3.63) is 65.7 Å². The van der Waals surface area contributed by atoms with Crippen LogP contribution in [-0.4, -0.2) is 47.0 Å². The number of carbonyl (C=O) groups excluding carboxylic acids is 3. The fourth-order valence-corrected chi connectivity index (χ4v) is 4.10. The van der Waals surface area contributed by atoms with Crippen molar-refractivity contribution in [1.82, 2.24) is 4.90 Å². The van der Waals surface area contributed by atoms with Crippen molar-refractivity contribution in [3.63, 3.8) is 0 Å². The maximum Gasteiger partial charge on any atom is 0.329 e. The number of hydrogen-bond acceptors (Lipinski definition) is 6. The molecule has 2 fully saturated rings. The van der Waals surface area contributed by atoms with Crippen molar-refractivity contribution in [2.24, 2.45) is 11.7 Å². The monoisotopic (exact) mass is 420 g/mol. The minimum absolute atomic E-state index is 0.0608. The van der Waals surface area contributed by atoms with Crippen molar-refractivity contribution in [2.75, 3.05) is 11.9 Å². The van der Waals surface area contributed by atoms with Gasteiger partial charge in [-0.05, 0) is 30.4 Å². The number of nitrogens with two attached hydrogens (primary N) is 1. The Morgan fingerprint density at radius 2 is 1.77 bits per heavy atom. The molecule has 0 aromatic heterocycles. The van der Waals surface area contributed by atoms with Crippen LogP contribution < -0.4 is 11.1 Å². The summed E-state index contributed by atoms with van der Waals surface area (Å²) in [6, 6.07) is 15.6. The number of anilines is 1. The summed E-state index contributed by atoms with van der Waals surface area (Å²) >= 11 is 0. The number of hydrogen-bond donors (Lipinski definition) is 3. The van der Waals surface area contributed by atoms with Crippen molar-refractivity contribution >= 4 is 29.2 Å². The van der Waals surface area contributed by atoms with Gasteiger partial charge in [0.2, 0.25) is 5.91 Å². The molecule has 31 heavy (non-hydrogen) atoms. The molecule has 2 aromatic rings. The van der Waals surface area contributed by atoms with Gasteiger partial charge in [-0.1, -0.05) is 48.5 Å². The number of primary amides is 1. The van der Waals surface area contributed by atoms with Crippen LogP contribution in [0, 0.1) is 11.3 Å². The van der Waals surface area contributed by atoms with Gasteiger partial charge < -0.3 is 20.7 Å². The topological polar surface area (TPSA) is 126 Å². The molecule has 0 bridgehead atoms. The minimum Gasteiger partial charge on any atom is -0.459 e. The number of nitrogens with zero attached hydrogens (tertiary/aromatic N) is 1. The predicted octanol–water partition coefficient (Wildman–Crippen LogP) is 1.68. The second-order valence-electron chi connectivity index (χ2n) is 7.85. The molecule has 8 heteroatoms. The van der Waals surface area contributed by atoms with E-state index in [2.05, 4.69) is 5.32 Å². The fraction of sp³-hybridized carbons (Fsp3) is 0.304. The number of para-hydroxylation sites is 1. The molecule has 1 saturated carbocycles. The second kappa shape index (κ2) is 8.59. The average Bonchev–Trinajstić information content (AvgIpc) is 3.45. The highest BCUT2D eigenvalue weighted by Gasteiger charge is 2.56. The molecule has 1 heterocycles. The molecule has 1 aliphatic carbocycles. The van der Waals surface area contributed by atoms with Crippen LogP contribution in [0.1, 0.15) is 24.0 Å². The number of ether oxygens (including phenoxy) is 1. The Bertz CT molecular complexity index is 1020. The third kappa shape index (κ3) is 4.42. The molecule has 4 rings (SSSR count). The van der Waals surface area contributed by atoms with Crippen LogP contribution in [0.5, 0.6) is 0 Å². The SMILES string of the molecule is N=C(C(N)=O)c1ccccc1NCC(=O)N1[C@@H]2CC2C[C@H]1C(=O)OCc1ccccc1. The number of likely N-dealkylation sites (tertiary alicyclic amines) is 1. The van der Waals surface area contributed by atoms with Gasteiger partial charge in [0.1, 0.15) is 18.4 Å². The molecule has 1 aliphatic heterocycles. The van der Waals surface area contributed by atoms with E-state index in [1.54, 1.807) is 29.2 Å². The highest BCUT2D eigenvalue weighted by Crippen LogP contribution is 2.48. The van der Waals surface area contributed by atoms with Crippen LogP contribution in [0.2, 0.25) is 0 Å². The Morgan fingerprint density at radius 1 is 1.06 bits per heavy atom. The molecular formula is C23H24N4O4. The zero-order chi connectivity index (χ0) is 22.0. The van der Waals surface area contributed by atoms with Gasteiger partial charge in [-0.15, -0.1) is 0 Å². The Morgan fingerprint density at radius 3 is 2.52 bits per heavy atom. The maximum absolute atomic E-state index is 13.0. The molecule has 0 spiro atoms. The summed E-state index contributed by atoms with van der Waals surface area (Å²) in [6.07, 6.45) is 1.52. The number of piperidine rings is 1. The van der Waals surface area contributed by atoms with Crippen molar-refractivity contribution in [3.8, 4) is 0 Å². The molecular weight excluding hydrogens is 396 g/mol. The van der Waals surface area contributed by atoms with E-state index in [0.717, 1.165) is 12.0 Å². The smallest absolute Gasteiger partial charge is 0.329 e. The first-order valence-electron chi connectivity index (χ1n) is 10.2. The highest BCUT2D eigenvalue weighted by molar-refractivity contribution is 6.44.